The van der Waals surface area contributed by atoms with Crippen molar-refractivity contribution in [3.05, 3.63) is 23.8 Å². The van der Waals surface area contributed by atoms with Crippen molar-refractivity contribution in [1.29, 1.82) is 0 Å². The zero-order valence-corrected chi connectivity index (χ0v) is 10.7. The fourth-order valence-corrected chi connectivity index (χ4v) is 2.13. The average Bonchev–Trinajstić information content (AvgIpc) is 2.83. The molecule has 0 aromatic heterocycles. The second-order valence-corrected chi connectivity index (χ2v) is 4.68. The minimum absolute atomic E-state index is 0.0335. The summed E-state index contributed by atoms with van der Waals surface area (Å²) in [6, 6.07) is 5.78. The van der Waals surface area contributed by atoms with Gasteiger partial charge in [0.2, 0.25) is 5.91 Å². The predicted octanol–water partition coefficient (Wildman–Crippen LogP) is 1.93. The number of hydrogen-bond donors (Lipinski definition) is 2. The lowest BCUT2D eigenvalue weighted by atomic mass is 10.0. The monoisotopic (exact) mass is 248 g/mol. The molecule has 0 aliphatic carbocycles. The van der Waals surface area contributed by atoms with Crippen LogP contribution in [-0.2, 0) is 11.2 Å². The van der Waals surface area contributed by atoms with Crippen LogP contribution in [-0.4, -0.2) is 19.1 Å². The maximum Gasteiger partial charge on any atom is 0.224 e. The Morgan fingerprint density at radius 2 is 2.39 bits per heavy atom. The van der Waals surface area contributed by atoms with Crippen LogP contribution in [0.2, 0.25) is 0 Å². The second kappa shape index (κ2) is 5.87. The fourth-order valence-electron chi connectivity index (χ4n) is 2.13. The van der Waals surface area contributed by atoms with E-state index in [2.05, 4.69) is 12.2 Å². The summed E-state index contributed by atoms with van der Waals surface area (Å²) >= 11 is 0. The highest BCUT2D eigenvalue weighted by Crippen LogP contribution is 2.27. The molecule has 1 atom stereocenters. The molecule has 0 saturated carbocycles. The quantitative estimate of drug-likeness (QED) is 0.837. The number of nitrogens with two attached hydrogens (primary N) is 1. The summed E-state index contributed by atoms with van der Waals surface area (Å²) in [4.78, 5) is 11.8. The van der Waals surface area contributed by atoms with Crippen LogP contribution in [0.15, 0.2) is 18.2 Å². The lowest BCUT2D eigenvalue weighted by molar-refractivity contribution is -0.117. The molecular formula is C14H20N2O2. The molecule has 98 valence electrons. The zero-order valence-electron chi connectivity index (χ0n) is 10.7. The lowest BCUT2D eigenvalue weighted by Gasteiger charge is -2.12. The van der Waals surface area contributed by atoms with Crippen molar-refractivity contribution in [3.8, 4) is 5.75 Å². The van der Waals surface area contributed by atoms with Gasteiger partial charge in [-0.2, -0.15) is 0 Å². The molecule has 1 aromatic rings. The van der Waals surface area contributed by atoms with Crippen molar-refractivity contribution < 1.29 is 9.53 Å². The average molecular weight is 248 g/mol. The summed E-state index contributed by atoms with van der Waals surface area (Å²) in [6.07, 6.45) is 2.34. The van der Waals surface area contributed by atoms with Crippen molar-refractivity contribution in [2.45, 2.75) is 26.2 Å². The number of anilines is 1. The molecule has 1 unspecified atom stereocenters. The Morgan fingerprint density at radius 1 is 1.56 bits per heavy atom. The van der Waals surface area contributed by atoms with Gasteiger partial charge in [0.05, 0.1) is 6.61 Å². The minimum Gasteiger partial charge on any atom is -0.493 e. The molecule has 1 aromatic carbocycles. The van der Waals surface area contributed by atoms with Crippen molar-refractivity contribution in [2.24, 2.45) is 11.7 Å². The number of rotatable bonds is 5. The van der Waals surface area contributed by atoms with Crippen molar-refractivity contribution in [2.75, 3.05) is 18.5 Å². The predicted molar refractivity (Wildman–Crippen MR) is 71.7 cm³/mol. The normalized spacial score (nSPS) is 14.8. The Morgan fingerprint density at radius 3 is 3.11 bits per heavy atom. The van der Waals surface area contributed by atoms with E-state index in [-0.39, 0.29) is 11.8 Å². The molecule has 2 rings (SSSR count). The molecule has 0 bridgehead atoms. The Kier molecular flexibility index (Phi) is 4.20. The van der Waals surface area contributed by atoms with E-state index < -0.39 is 0 Å². The molecule has 0 saturated heterocycles. The highest BCUT2D eigenvalue weighted by Gasteiger charge is 2.14. The summed E-state index contributed by atoms with van der Waals surface area (Å²) in [7, 11) is 0. The van der Waals surface area contributed by atoms with Gasteiger partial charge in [0.15, 0.2) is 0 Å². The first-order chi connectivity index (χ1) is 8.72. The highest BCUT2D eigenvalue weighted by atomic mass is 16.5. The molecule has 4 heteroatoms. The topological polar surface area (TPSA) is 64.4 Å². The van der Waals surface area contributed by atoms with Crippen LogP contribution in [0.3, 0.4) is 0 Å². The van der Waals surface area contributed by atoms with Crippen LogP contribution in [0.5, 0.6) is 5.75 Å². The van der Waals surface area contributed by atoms with Crippen molar-refractivity contribution in [3.63, 3.8) is 0 Å². The van der Waals surface area contributed by atoms with Gasteiger partial charge in [-0.3, -0.25) is 4.79 Å². The fraction of sp³-hybridized carbons (Fsp3) is 0.500. The zero-order chi connectivity index (χ0) is 13.0. The number of ether oxygens (including phenoxy) is 1. The van der Waals surface area contributed by atoms with Crippen LogP contribution in [0, 0.1) is 5.92 Å². The van der Waals surface area contributed by atoms with Crippen LogP contribution >= 0.6 is 0 Å². The number of nitrogens with one attached hydrogen (secondary N) is 1. The van der Waals surface area contributed by atoms with Gasteiger partial charge < -0.3 is 15.8 Å². The second-order valence-electron chi connectivity index (χ2n) is 4.68. The molecule has 0 radical (unpaired) electrons. The van der Waals surface area contributed by atoms with E-state index in [1.54, 1.807) is 0 Å². The number of carbonyl (C=O) groups is 1. The summed E-state index contributed by atoms with van der Waals surface area (Å²) in [5, 5.41) is 2.92. The van der Waals surface area contributed by atoms with E-state index in [1.807, 2.05) is 18.2 Å². The SMILES string of the molecule is CCC(CN)CC(=O)Nc1ccc2c(c1)CCO2. The molecule has 4 nitrogen and oxygen atoms in total. The molecule has 1 aliphatic heterocycles. The molecule has 0 fully saturated rings. The minimum atomic E-state index is 0.0335. The van der Waals surface area contributed by atoms with Crippen molar-refractivity contribution in [1.82, 2.24) is 0 Å². The maximum absolute atomic E-state index is 11.8. The third-order valence-corrected chi connectivity index (χ3v) is 3.36. The van der Waals surface area contributed by atoms with Gasteiger partial charge in [0.25, 0.3) is 0 Å². The number of amides is 1. The Labute approximate surface area is 108 Å². The first-order valence-electron chi connectivity index (χ1n) is 6.48. The molecule has 1 heterocycles. The molecule has 1 aliphatic rings. The molecular weight excluding hydrogens is 228 g/mol. The third-order valence-electron chi connectivity index (χ3n) is 3.36. The summed E-state index contributed by atoms with van der Waals surface area (Å²) < 4.78 is 5.43. The van der Waals surface area contributed by atoms with E-state index in [4.69, 9.17) is 10.5 Å². The van der Waals surface area contributed by atoms with Gasteiger partial charge in [0.1, 0.15) is 5.75 Å². The number of benzene rings is 1. The van der Waals surface area contributed by atoms with Crippen LogP contribution in [0.25, 0.3) is 0 Å². The van der Waals surface area contributed by atoms with Gasteiger partial charge in [-0.05, 0) is 36.2 Å². The standard InChI is InChI=1S/C14H20N2O2/c1-2-10(9-15)7-14(17)16-12-3-4-13-11(8-12)5-6-18-13/h3-4,8,10H,2,5-7,9,15H2,1H3,(H,16,17). The van der Waals surface area contributed by atoms with E-state index in [0.717, 1.165) is 30.9 Å². The van der Waals surface area contributed by atoms with E-state index in [1.165, 1.54) is 5.56 Å². The number of carbonyl (C=O) groups excluding carboxylic acids is 1. The van der Waals surface area contributed by atoms with Gasteiger partial charge >= 0.3 is 0 Å². The van der Waals surface area contributed by atoms with Gasteiger partial charge in [0, 0.05) is 18.5 Å². The Bertz CT molecular complexity index is 428. The molecule has 3 N–H and O–H groups in total. The first-order valence-corrected chi connectivity index (χ1v) is 6.48. The summed E-state index contributed by atoms with van der Waals surface area (Å²) in [5.74, 6) is 1.23. The van der Waals surface area contributed by atoms with Crippen LogP contribution in [0.1, 0.15) is 25.3 Å². The molecule has 1 amide bonds. The Hall–Kier alpha value is -1.55. The summed E-state index contributed by atoms with van der Waals surface area (Å²) in [6.45, 7) is 3.34. The third kappa shape index (κ3) is 3.01. The number of hydrogen-bond acceptors (Lipinski definition) is 3. The van der Waals surface area contributed by atoms with Gasteiger partial charge in [-0.1, -0.05) is 13.3 Å². The smallest absolute Gasteiger partial charge is 0.224 e. The first kappa shape index (κ1) is 12.9. The maximum atomic E-state index is 11.8. The van der Waals surface area contributed by atoms with E-state index in [0.29, 0.717) is 13.0 Å². The van der Waals surface area contributed by atoms with Gasteiger partial charge in [-0.25, -0.2) is 0 Å². The van der Waals surface area contributed by atoms with E-state index in [9.17, 15) is 4.79 Å². The van der Waals surface area contributed by atoms with Crippen molar-refractivity contribution >= 4 is 11.6 Å². The van der Waals surface area contributed by atoms with Crippen LogP contribution < -0.4 is 15.8 Å². The molecule has 0 spiro atoms. The van der Waals surface area contributed by atoms with Gasteiger partial charge in [-0.15, -0.1) is 0 Å². The largest absolute Gasteiger partial charge is 0.493 e. The number of fused-ring (bicyclic) bond motifs is 1. The summed E-state index contributed by atoms with van der Waals surface area (Å²) in [5.41, 5.74) is 7.61. The van der Waals surface area contributed by atoms with Crippen LogP contribution in [0.4, 0.5) is 5.69 Å². The van der Waals surface area contributed by atoms with E-state index >= 15 is 0 Å². The molecule has 18 heavy (non-hydrogen) atoms. The Balaban J connectivity index is 1.95. The highest BCUT2D eigenvalue weighted by molar-refractivity contribution is 5.91. The lowest BCUT2D eigenvalue weighted by Crippen LogP contribution is -2.21.